The van der Waals surface area contributed by atoms with Crippen molar-refractivity contribution in [3.05, 3.63) is 40.9 Å². The number of ether oxygens (including phenoxy) is 1. The third-order valence-electron chi connectivity index (χ3n) is 3.06. The van der Waals surface area contributed by atoms with E-state index in [1.54, 1.807) is 18.4 Å². The highest BCUT2D eigenvalue weighted by Gasteiger charge is 2.08. The van der Waals surface area contributed by atoms with Crippen molar-refractivity contribution in [2.45, 2.75) is 13.8 Å². The molecule has 96 valence electrons. The van der Waals surface area contributed by atoms with Crippen LogP contribution in [0.25, 0.3) is 21.6 Å². The van der Waals surface area contributed by atoms with Gasteiger partial charge in [0, 0.05) is 22.5 Å². The fourth-order valence-electron chi connectivity index (χ4n) is 2.09. The molecular formula is C15H14N2OS. The molecule has 1 aromatic carbocycles. The average molecular weight is 270 g/mol. The molecule has 0 aliphatic heterocycles. The molecule has 0 atom stereocenters. The summed E-state index contributed by atoms with van der Waals surface area (Å²) in [4.78, 5) is 9.19. The molecule has 3 rings (SSSR count). The van der Waals surface area contributed by atoms with Gasteiger partial charge in [-0.05, 0) is 37.6 Å². The lowest BCUT2D eigenvalue weighted by molar-refractivity contribution is 0.415. The third-order valence-corrected chi connectivity index (χ3v) is 4.04. The van der Waals surface area contributed by atoms with Crippen LogP contribution in [0.3, 0.4) is 0 Å². The predicted octanol–water partition coefficient (Wildman–Crippen LogP) is 3.98. The molecule has 2 heterocycles. The molecule has 0 saturated heterocycles. The van der Waals surface area contributed by atoms with Crippen LogP contribution >= 0.6 is 11.3 Å². The number of fused-ring (bicyclic) bond motifs is 1. The number of thiazole rings is 1. The Morgan fingerprint density at radius 3 is 2.63 bits per heavy atom. The van der Waals surface area contributed by atoms with Gasteiger partial charge in [0.05, 0.1) is 18.3 Å². The molecule has 0 spiro atoms. The first-order valence-electron chi connectivity index (χ1n) is 6.05. The summed E-state index contributed by atoms with van der Waals surface area (Å²) in [5, 5.41) is 4.16. The molecule has 3 aromatic rings. The maximum absolute atomic E-state index is 5.26. The topological polar surface area (TPSA) is 35.0 Å². The highest BCUT2D eigenvalue weighted by molar-refractivity contribution is 7.13. The highest BCUT2D eigenvalue weighted by atomic mass is 32.1. The first kappa shape index (κ1) is 12.1. The number of rotatable bonds is 2. The largest absolute Gasteiger partial charge is 0.497 e. The van der Waals surface area contributed by atoms with Crippen molar-refractivity contribution in [2.24, 2.45) is 0 Å². The van der Waals surface area contributed by atoms with Gasteiger partial charge in [-0.2, -0.15) is 0 Å². The molecular weight excluding hydrogens is 256 g/mol. The second kappa shape index (κ2) is 4.63. The third kappa shape index (κ3) is 2.19. The Balaban J connectivity index is 2.22. The van der Waals surface area contributed by atoms with Crippen LogP contribution in [0.4, 0.5) is 0 Å². The summed E-state index contributed by atoms with van der Waals surface area (Å²) in [6.45, 7) is 4.09. The summed E-state index contributed by atoms with van der Waals surface area (Å²) in [6.07, 6.45) is 0. The Kier molecular flexibility index (Phi) is 2.95. The number of methoxy groups -OCH3 is 1. The van der Waals surface area contributed by atoms with E-state index >= 15 is 0 Å². The number of pyridine rings is 1. The van der Waals surface area contributed by atoms with Gasteiger partial charge in [-0.25, -0.2) is 9.97 Å². The Labute approximate surface area is 115 Å². The molecule has 19 heavy (non-hydrogen) atoms. The molecule has 0 bridgehead atoms. The fourth-order valence-corrected chi connectivity index (χ4v) is 2.85. The number of hydrogen-bond acceptors (Lipinski definition) is 4. The highest BCUT2D eigenvalue weighted by Crippen LogP contribution is 2.28. The summed E-state index contributed by atoms with van der Waals surface area (Å²) in [7, 11) is 1.67. The van der Waals surface area contributed by atoms with E-state index in [0.717, 1.165) is 33.0 Å². The molecule has 0 aliphatic carbocycles. The SMILES string of the molecule is COc1ccc2c(C)cc(-c3nc(C)cs3)nc2c1. The molecule has 0 amide bonds. The second-order valence-corrected chi connectivity index (χ2v) is 5.36. The maximum Gasteiger partial charge on any atom is 0.142 e. The smallest absolute Gasteiger partial charge is 0.142 e. The second-order valence-electron chi connectivity index (χ2n) is 4.50. The van der Waals surface area contributed by atoms with Crippen LogP contribution in [-0.2, 0) is 0 Å². The zero-order valence-electron chi connectivity index (χ0n) is 11.1. The molecule has 0 unspecified atom stereocenters. The minimum atomic E-state index is 0.826. The van der Waals surface area contributed by atoms with Crippen LogP contribution in [0.5, 0.6) is 5.75 Å². The van der Waals surface area contributed by atoms with E-state index in [2.05, 4.69) is 18.0 Å². The van der Waals surface area contributed by atoms with Crippen LogP contribution in [0, 0.1) is 13.8 Å². The van der Waals surface area contributed by atoms with Crippen molar-refractivity contribution in [1.82, 2.24) is 9.97 Å². The van der Waals surface area contributed by atoms with Gasteiger partial charge in [0.15, 0.2) is 0 Å². The van der Waals surface area contributed by atoms with E-state index in [4.69, 9.17) is 9.72 Å². The van der Waals surface area contributed by atoms with E-state index in [1.165, 1.54) is 5.56 Å². The number of nitrogens with zero attached hydrogens (tertiary/aromatic N) is 2. The summed E-state index contributed by atoms with van der Waals surface area (Å²) >= 11 is 1.62. The van der Waals surface area contributed by atoms with E-state index in [1.807, 2.05) is 30.5 Å². The molecule has 0 aliphatic rings. The molecule has 3 nitrogen and oxygen atoms in total. The molecule has 0 radical (unpaired) electrons. The molecule has 0 fully saturated rings. The lowest BCUT2D eigenvalue weighted by atomic mass is 10.1. The fraction of sp³-hybridized carbons (Fsp3) is 0.200. The van der Waals surface area contributed by atoms with Gasteiger partial charge in [-0.1, -0.05) is 0 Å². The maximum atomic E-state index is 5.26. The molecule has 2 aromatic heterocycles. The number of benzene rings is 1. The van der Waals surface area contributed by atoms with Crippen LogP contribution < -0.4 is 4.74 Å². The van der Waals surface area contributed by atoms with Crippen LogP contribution in [0.2, 0.25) is 0 Å². The van der Waals surface area contributed by atoms with E-state index in [-0.39, 0.29) is 0 Å². The zero-order valence-corrected chi connectivity index (χ0v) is 11.9. The minimum Gasteiger partial charge on any atom is -0.497 e. The van der Waals surface area contributed by atoms with E-state index in [9.17, 15) is 0 Å². The summed E-state index contributed by atoms with van der Waals surface area (Å²) in [5.41, 5.74) is 4.11. The van der Waals surface area contributed by atoms with Gasteiger partial charge in [0.2, 0.25) is 0 Å². The Bertz CT molecular complexity index is 749. The number of aryl methyl sites for hydroxylation is 2. The molecule has 0 saturated carbocycles. The number of hydrogen-bond donors (Lipinski definition) is 0. The van der Waals surface area contributed by atoms with Crippen LogP contribution in [0.15, 0.2) is 29.6 Å². The standard InChI is InChI=1S/C15H14N2OS/c1-9-6-14(15-16-10(2)8-19-15)17-13-7-11(18-3)4-5-12(9)13/h4-8H,1-3H3. The van der Waals surface area contributed by atoms with Crippen molar-refractivity contribution in [3.8, 4) is 16.5 Å². The Morgan fingerprint density at radius 1 is 1.11 bits per heavy atom. The van der Waals surface area contributed by atoms with Crippen molar-refractivity contribution in [2.75, 3.05) is 7.11 Å². The van der Waals surface area contributed by atoms with Crippen molar-refractivity contribution in [1.29, 1.82) is 0 Å². The summed E-state index contributed by atoms with van der Waals surface area (Å²) in [6, 6.07) is 8.07. The zero-order chi connectivity index (χ0) is 13.4. The van der Waals surface area contributed by atoms with E-state index in [0.29, 0.717) is 0 Å². The normalized spacial score (nSPS) is 10.9. The molecule has 0 N–H and O–H groups in total. The lowest BCUT2D eigenvalue weighted by Crippen LogP contribution is -1.90. The van der Waals surface area contributed by atoms with Crippen molar-refractivity contribution in [3.63, 3.8) is 0 Å². The van der Waals surface area contributed by atoms with Gasteiger partial charge in [-0.3, -0.25) is 0 Å². The first-order valence-corrected chi connectivity index (χ1v) is 6.93. The summed E-state index contributed by atoms with van der Waals surface area (Å²) < 4.78 is 5.26. The van der Waals surface area contributed by atoms with Gasteiger partial charge < -0.3 is 4.74 Å². The van der Waals surface area contributed by atoms with E-state index < -0.39 is 0 Å². The monoisotopic (exact) mass is 270 g/mol. The minimum absolute atomic E-state index is 0.826. The number of aromatic nitrogens is 2. The average Bonchev–Trinajstić information content (AvgIpc) is 2.84. The van der Waals surface area contributed by atoms with Crippen LogP contribution in [0.1, 0.15) is 11.3 Å². The Morgan fingerprint density at radius 2 is 1.95 bits per heavy atom. The molecule has 4 heteroatoms. The van der Waals surface area contributed by atoms with Gasteiger partial charge in [-0.15, -0.1) is 11.3 Å². The van der Waals surface area contributed by atoms with Gasteiger partial charge >= 0.3 is 0 Å². The first-order chi connectivity index (χ1) is 9.17. The van der Waals surface area contributed by atoms with Crippen molar-refractivity contribution >= 4 is 22.2 Å². The Hall–Kier alpha value is -1.94. The quantitative estimate of drug-likeness (QED) is 0.706. The van der Waals surface area contributed by atoms with Crippen LogP contribution in [-0.4, -0.2) is 17.1 Å². The summed E-state index contributed by atoms with van der Waals surface area (Å²) in [5.74, 6) is 0.826. The van der Waals surface area contributed by atoms with Gasteiger partial charge in [0.1, 0.15) is 10.8 Å². The van der Waals surface area contributed by atoms with Gasteiger partial charge in [0.25, 0.3) is 0 Å². The lowest BCUT2D eigenvalue weighted by Gasteiger charge is -2.06. The predicted molar refractivity (Wildman–Crippen MR) is 78.9 cm³/mol. The van der Waals surface area contributed by atoms with Crippen molar-refractivity contribution < 1.29 is 4.74 Å².